The Morgan fingerprint density at radius 2 is 1.73 bits per heavy atom. The number of carbonyl (C=O) groups excluding carboxylic acids is 1. The third-order valence-corrected chi connectivity index (χ3v) is 3.42. The number of rotatable bonds is 3. The molecule has 0 aromatic carbocycles. The monoisotopic (exact) mass is 212 g/mol. The molecule has 0 aliphatic heterocycles. The molecule has 0 amide bonds. The van der Waals surface area contributed by atoms with Crippen molar-refractivity contribution in [2.45, 2.75) is 59.5 Å². The Labute approximate surface area is 93.4 Å². The summed E-state index contributed by atoms with van der Waals surface area (Å²) >= 11 is 0. The highest BCUT2D eigenvalue weighted by atomic mass is 16.5. The van der Waals surface area contributed by atoms with E-state index in [4.69, 9.17) is 4.74 Å². The van der Waals surface area contributed by atoms with Crippen molar-refractivity contribution in [2.75, 3.05) is 6.61 Å². The molecule has 0 heterocycles. The zero-order chi connectivity index (χ0) is 11.5. The first-order valence-electron chi connectivity index (χ1n) is 6.00. The van der Waals surface area contributed by atoms with E-state index >= 15 is 0 Å². The van der Waals surface area contributed by atoms with E-state index in [1.54, 1.807) is 6.92 Å². The van der Waals surface area contributed by atoms with Gasteiger partial charge in [-0.2, -0.15) is 0 Å². The fourth-order valence-electron chi connectivity index (χ4n) is 2.33. The molecule has 2 nitrogen and oxygen atoms in total. The minimum Gasteiger partial charge on any atom is -0.370 e. The second-order valence-corrected chi connectivity index (χ2v) is 5.85. The van der Waals surface area contributed by atoms with E-state index in [-0.39, 0.29) is 5.78 Å². The van der Waals surface area contributed by atoms with Gasteiger partial charge in [-0.3, -0.25) is 4.79 Å². The highest BCUT2D eigenvalue weighted by Crippen LogP contribution is 2.38. The van der Waals surface area contributed by atoms with Crippen molar-refractivity contribution in [3.8, 4) is 0 Å². The van der Waals surface area contributed by atoms with Gasteiger partial charge >= 0.3 is 0 Å². The lowest BCUT2D eigenvalue weighted by atomic mass is 9.72. The van der Waals surface area contributed by atoms with Crippen molar-refractivity contribution in [1.29, 1.82) is 0 Å². The van der Waals surface area contributed by atoms with Crippen molar-refractivity contribution in [1.82, 2.24) is 0 Å². The molecule has 2 heteroatoms. The van der Waals surface area contributed by atoms with Gasteiger partial charge in [0.25, 0.3) is 0 Å². The van der Waals surface area contributed by atoms with Gasteiger partial charge in [-0.25, -0.2) is 0 Å². The van der Waals surface area contributed by atoms with Crippen molar-refractivity contribution < 1.29 is 9.53 Å². The van der Waals surface area contributed by atoms with Gasteiger partial charge in [-0.05, 0) is 43.9 Å². The molecule has 1 saturated carbocycles. The summed E-state index contributed by atoms with van der Waals surface area (Å²) in [7, 11) is 0. The predicted molar refractivity (Wildman–Crippen MR) is 61.8 cm³/mol. The van der Waals surface area contributed by atoms with Crippen LogP contribution in [0.15, 0.2) is 0 Å². The second-order valence-electron chi connectivity index (χ2n) is 5.85. The van der Waals surface area contributed by atoms with Gasteiger partial charge in [0.15, 0.2) is 5.78 Å². The van der Waals surface area contributed by atoms with Crippen LogP contribution in [0.3, 0.4) is 0 Å². The maximum atomic E-state index is 10.8. The first-order valence-corrected chi connectivity index (χ1v) is 6.00. The molecule has 0 saturated heterocycles. The number of carbonyl (C=O) groups is 1. The quantitative estimate of drug-likeness (QED) is 0.718. The molecule has 0 N–H and O–H groups in total. The normalized spacial score (nSPS) is 27.7. The molecule has 1 aliphatic rings. The van der Waals surface area contributed by atoms with Crippen molar-refractivity contribution in [3.05, 3.63) is 0 Å². The van der Waals surface area contributed by atoms with E-state index in [2.05, 4.69) is 20.8 Å². The summed E-state index contributed by atoms with van der Waals surface area (Å²) < 4.78 is 5.56. The van der Waals surface area contributed by atoms with Crippen LogP contribution in [-0.2, 0) is 9.53 Å². The summed E-state index contributed by atoms with van der Waals surface area (Å²) in [5, 5.41) is 0. The predicted octanol–water partition coefficient (Wildman–Crippen LogP) is 3.20. The van der Waals surface area contributed by atoms with E-state index in [0.717, 1.165) is 18.8 Å². The molecule has 0 spiro atoms. The largest absolute Gasteiger partial charge is 0.370 e. The molecule has 0 aromatic heterocycles. The lowest BCUT2D eigenvalue weighted by Gasteiger charge is -2.36. The Hall–Kier alpha value is -0.370. The Morgan fingerprint density at radius 1 is 1.20 bits per heavy atom. The van der Waals surface area contributed by atoms with E-state index in [1.807, 2.05) is 0 Å². The van der Waals surface area contributed by atoms with Crippen molar-refractivity contribution >= 4 is 5.78 Å². The Balaban J connectivity index is 2.27. The van der Waals surface area contributed by atoms with Gasteiger partial charge in [-0.15, -0.1) is 0 Å². The number of hydrogen-bond acceptors (Lipinski definition) is 2. The van der Waals surface area contributed by atoms with E-state index in [1.165, 1.54) is 12.8 Å². The molecule has 88 valence electrons. The molecule has 0 bridgehead atoms. The topological polar surface area (TPSA) is 26.3 Å². The lowest BCUT2D eigenvalue weighted by Crippen LogP contribution is -2.29. The van der Waals surface area contributed by atoms with Crippen LogP contribution >= 0.6 is 0 Å². The molecular weight excluding hydrogens is 188 g/mol. The highest BCUT2D eigenvalue weighted by Gasteiger charge is 2.29. The molecule has 0 radical (unpaired) electrons. The SMILES string of the molecule is CC(=O)COC1CCC(C(C)(C)C)CC1. The van der Waals surface area contributed by atoms with Crippen LogP contribution in [-0.4, -0.2) is 18.5 Å². The van der Waals surface area contributed by atoms with Crippen LogP contribution in [0.25, 0.3) is 0 Å². The van der Waals surface area contributed by atoms with Crippen LogP contribution < -0.4 is 0 Å². The van der Waals surface area contributed by atoms with Gasteiger partial charge in [0.05, 0.1) is 6.10 Å². The van der Waals surface area contributed by atoms with Crippen LogP contribution in [0.5, 0.6) is 0 Å². The summed E-state index contributed by atoms with van der Waals surface area (Å²) in [5.74, 6) is 0.947. The highest BCUT2D eigenvalue weighted by molar-refractivity contribution is 5.76. The molecule has 0 atom stereocenters. The van der Waals surface area contributed by atoms with Crippen LogP contribution in [0.2, 0.25) is 0 Å². The third kappa shape index (κ3) is 4.33. The van der Waals surface area contributed by atoms with Crippen LogP contribution in [0.4, 0.5) is 0 Å². The van der Waals surface area contributed by atoms with Crippen LogP contribution in [0, 0.1) is 11.3 Å². The minimum atomic E-state index is 0.132. The summed E-state index contributed by atoms with van der Waals surface area (Å²) in [6.07, 6.45) is 5.05. The molecular formula is C13H24O2. The first-order chi connectivity index (χ1) is 6.89. The molecule has 1 rings (SSSR count). The van der Waals surface area contributed by atoms with Crippen molar-refractivity contribution in [2.24, 2.45) is 11.3 Å². The Kier molecular flexibility index (Phi) is 4.32. The zero-order valence-electron chi connectivity index (χ0n) is 10.5. The average Bonchev–Trinajstić information content (AvgIpc) is 2.14. The molecule has 0 aromatic rings. The molecule has 1 aliphatic carbocycles. The number of ketones is 1. The average molecular weight is 212 g/mol. The summed E-state index contributed by atoms with van der Waals surface area (Å²) in [4.78, 5) is 10.8. The molecule has 15 heavy (non-hydrogen) atoms. The maximum absolute atomic E-state index is 10.8. The van der Waals surface area contributed by atoms with Gasteiger partial charge in [0.2, 0.25) is 0 Å². The van der Waals surface area contributed by atoms with E-state index in [9.17, 15) is 4.79 Å². The van der Waals surface area contributed by atoms with Crippen LogP contribution in [0.1, 0.15) is 53.4 Å². The van der Waals surface area contributed by atoms with Gasteiger partial charge in [0.1, 0.15) is 6.61 Å². The fraction of sp³-hybridized carbons (Fsp3) is 0.923. The number of Topliss-reactive ketones (excluding diaryl/α,β-unsaturated/α-hetero) is 1. The van der Waals surface area contributed by atoms with E-state index in [0.29, 0.717) is 18.1 Å². The third-order valence-electron chi connectivity index (χ3n) is 3.42. The zero-order valence-corrected chi connectivity index (χ0v) is 10.5. The van der Waals surface area contributed by atoms with E-state index < -0.39 is 0 Å². The minimum absolute atomic E-state index is 0.132. The Morgan fingerprint density at radius 3 is 2.13 bits per heavy atom. The number of ether oxygens (including phenoxy) is 1. The number of hydrogen-bond donors (Lipinski definition) is 0. The summed E-state index contributed by atoms with van der Waals surface area (Å²) in [6, 6.07) is 0. The second kappa shape index (κ2) is 5.11. The van der Waals surface area contributed by atoms with Crippen molar-refractivity contribution in [3.63, 3.8) is 0 Å². The Bertz CT molecular complexity index is 207. The lowest BCUT2D eigenvalue weighted by molar-refractivity contribution is -0.124. The standard InChI is InChI=1S/C13H24O2/c1-10(14)9-15-12-7-5-11(6-8-12)13(2,3)4/h11-12H,5-9H2,1-4H3. The molecule has 0 unspecified atom stereocenters. The summed E-state index contributed by atoms with van der Waals surface area (Å²) in [5.41, 5.74) is 0.422. The van der Waals surface area contributed by atoms with Gasteiger partial charge in [-0.1, -0.05) is 20.8 Å². The first kappa shape index (κ1) is 12.7. The van der Waals surface area contributed by atoms with Gasteiger partial charge in [0, 0.05) is 0 Å². The fourth-order valence-corrected chi connectivity index (χ4v) is 2.33. The molecule has 1 fully saturated rings. The summed E-state index contributed by atoms with van der Waals surface area (Å²) in [6.45, 7) is 8.82. The smallest absolute Gasteiger partial charge is 0.155 e. The van der Waals surface area contributed by atoms with Gasteiger partial charge < -0.3 is 4.74 Å². The maximum Gasteiger partial charge on any atom is 0.155 e.